The van der Waals surface area contributed by atoms with Gasteiger partial charge in [-0.05, 0) is 30.5 Å². The van der Waals surface area contributed by atoms with E-state index in [2.05, 4.69) is 15.3 Å². The molecule has 0 spiro atoms. The van der Waals surface area contributed by atoms with Crippen LogP contribution in [0.3, 0.4) is 0 Å². The van der Waals surface area contributed by atoms with Gasteiger partial charge in [-0.25, -0.2) is 9.97 Å². The first-order chi connectivity index (χ1) is 12.1. The standard InChI is InChI=1S/C16H14ClF4N3O2/c1-8(4-13(25)16(19,20)21)11-5-10(7-23-14(11)18)24-15(26)12-3-2-9(17)6-22-12/h2-3,5-8,13,25H,4H2,1H3,(H,24,26)/t8-,13-/m1/s1. The molecule has 2 N–H and O–H groups in total. The fourth-order valence-corrected chi connectivity index (χ4v) is 2.29. The van der Waals surface area contributed by atoms with E-state index >= 15 is 0 Å². The number of aromatic nitrogens is 2. The zero-order valence-electron chi connectivity index (χ0n) is 13.4. The Hall–Kier alpha value is -2.26. The van der Waals surface area contributed by atoms with Gasteiger partial charge in [0.05, 0.1) is 16.9 Å². The number of aliphatic hydroxyl groups excluding tert-OH is 1. The fourth-order valence-electron chi connectivity index (χ4n) is 2.18. The van der Waals surface area contributed by atoms with Gasteiger partial charge in [-0.2, -0.15) is 17.6 Å². The minimum absolute atomic E-state index is 0.0424. The Morgan fingerprint density at radius 2 is 2.00 bits per heavy atom. The lowest BCUT2D eigenvalue weighted by Crippen LogP contribution is -2.30. The summed E-state index contributed by atoms with van der Waals surface area (Å²) in [5.41, 5.74) is -0.0347. The Bertz CT molecular complexity index is 784. The van der Waals surface area contributed by atoms with E-state index in [-0.39, 0.29) is 16.9 Å². The molecule has 0 fully saturated rings. The van der Waals surface area contributed by atoms with Gasteiger partial charge in [0, 0.05) is 11.8 Å². The molecule has 0 saturated heterocycles. The summed E-state index contributed by atoms with van der Waals surface area (Å²) in [5.74, 6) is -2.58. The molecule has 0 aliphatic rings. The molecule has 26 heavy (non-hydrogen) atoms. The van der Waals surface area contributed by atoms with Crippen molar-refractivity contribution in [1.82, 2.24) is 9.97 Å². The maximum Gasteiger partial charge on any atom is 0.414 e. The number of carbonyl (C=O) groups is 1. The molecule has 5 nitrogen and oxygen atoms in total. The van der Waals surface area contributed by atoms with Crippen molar-refractivity contribution in [2.24, 2.45) is 0 Å². The van der Waals surface area contributed by atoms with Gasteiger partial charge in [-0.1, -0.05) is 18.5 Å². The quantitative estimate of drug-likeness (QED) is 0.598. The first-order valence-corrected chi connectivity index (χ1v) is 7.79. The molecule has 140 valence electrons. The van der Waals surface area contributed by atoms with Gasteiger partial charge in [0.2, 0.25) is 5.95 Å². The van der Waals surface area contributed by atoms with Crippen LogP contribution in [0.1, 0.15) is 35.3 Å². The molecule has 10 heteroatoms. The van der Waals surface area contributed by atoms with Gasteiger partial charge < -0.3 is 10.4 Å². The summed E-state index contributed by atoms with van der Waals surface area (Å²) >= 11 is 5.68. The van der Waals surface area contributed by atoms with Crippen molar-refractivity contribution >= 4 is 23.2 Å². The lowest BCUT2D eigenvalue weighted by Gasteiger charge is -2.19. The van der Waals surface area contributed by atoms with E-state index in [1.54, 1.807) is 0 Å². The maximum absolute atomic E-state index is 13.9. The summed E-state index contributed by atoms with van der Waals surface area (Å²) in [7, 11) is 0. The van der Waals surface area contributed by atoms with Crippen molar-refractivity contribution in [2.45, 2.75) is 31.5 Å². The van der Waals surface area contributed by atoms with E-state index in [1.807, 2.05) is 0 Å². The van der Waals surface area contributed by atoms with Crippen molar-refractivity contribution in [3.63, 3.8) is 0 Å². The molecule has 2 aromatic heterocycles. The molecule has 0 aliphatic heterocycles. The van der Waals surface area contributed by atoms with Crippen LogP contribution in [0, 0.1) is 5.95 Å². The third kappa shape index (κ3) is 5.12. The number of aliphatic hydroxyl groups is 1. The van der Waals surface area contributed by atoms with Gasteiger partial charge in [0.25, 0.3) is 5.91 Å². The Morgan fingerprint density at radius 3 is 2.58 bits per heavy atom. The molecular formula is C16H14ClF4N3O2. The largest absolute Gasteiger partial charge is 0.414 e. The number of anilines is 1. The minimum Gasteiger partial charge on any atom is -0.384 e. The molecule has 2 heterocycles. The molecule has 0 aliphatic carbocycles. The predicted molar refractivity (Wildman–Crippen MR) is 86.5 cm³/mol. The van der Waals surface area contributed by atoms with Crippen LogP contribution in [-0.2, 0) is 0 Å². The number of hydrogen-bond acceptors (Lipinski definition) is 4. The zero-order chi connectivity index (χ0) is 19.5. The van der Waals surface area contributed by atoms with E-state index in [1.165, 1.54) is 31.3 Å². The molecule has 2 atom stereocenters. The summed E-state index contributed by atoms with van der Waals surface area (Å²) in [6.45, 7) is 1.32. The molecule has 2 rings (SSSR count). The maximum atomic E-state index is 13.9. The second kappa shape index (κ2) is 7.96. The topological polar surface area (TPSA) is 75.1 Å². The number of nitrogens with zero attached hydrogens (tertiary/aromatic N) is 2. The smallest absolute Gasteiger partial charge is 0.384 e. The van der Waals surface area contributed by atoms with Crippen LogP contribution in [-0.4, -0.2) is 33.3 Å². The molecule has 1 amide bonds. The van der Waals surface area contributed by atoms with Crippen LogP contribution in [0.25, 0.3) is 0 Å². The van der Waals surface area contributed by atoms with Crippen LogP contribution in [0.4, 0.5) is 23.2 Å². The second-order valence-corrected chi connectivity index (χ2v) is 6.05. The number of rotatable bonds is 5. The Morgan fingerprint density at radius 1 is 1.31 bits per heavy atom. The number of carbonyl (C=O) groups excluding carboxylic acids is 1. The average molecular weight is 392 g/mol. The van der Waals surface area contributed by atoms with Crippen LogP contribution in [0.15, 0.2) is 30.6 Å². The summed E-state index contributed by atoms with van der Waals surface area (Å²) in [6.07, 6.45) is -5.83. The number of hydrogen-bond donors (Lipinski definition) is 2. The van der Waals surface area contributed by atoms with Crippen LogP contribution >= 0.6 is 11.6 Å². The highest BCUT2D eigenvalue weighted by atomic mass is 35.5. The third-order valence-corrected chi connectivity index (χ3v) is 3.79. The lowest BCUT2D eigenvalue weighted by molar-refractivity contribution is -0.206. The Balaban J connectivity index is 2.16. The summed E-state index contributed by atoms with van der Waals surface area (Å²) in [4.78, 5) is 19.3. The highest BCUT2D eigenvalue weighted by Crippen LogP contribution is 2.31. The first-order valence-electron chi connectivity index (χ1n) is 7.41. The third-order valence-electron chi connectivity index (χ3n) is 3.57. The van der Waals surface area contributed by atoms with Gasteiger partial charge in [-0.15, -0.1) is 0 Å². The number of alkyl halides is 3. The molecule has 0 saturated carbocycles. The van der Waals surface area contributed by atoms with Crippen molar-refractivity contribution in [2.75, 3.05) is 5.32 Å². The van der Waals surface area contributed by atoms with E-state index in [4.69, 9.17) is 16.7 Å². The molecule has 0 bridgehead atoms. The summed E-state index contributed by atoms with van der Waals surface area (Å²) < 4.78 is 51.2. The highest BCUT2D eigenvalue weighted by Gasteiger charge is 2.39. The van der Waals surface area contributed by atoms with Crippen molar-refractivity contribution < 1.29 is 27.5 Å². The van der Waals surface area contributed by atoms with Crippen molar-refractivity contribution in [3.05, 3.63) is 52.8 Å². The first kappa shape index (κ1) is 20.1. The van der Waals surface area contributed by atoms with Gasteiger partial charge in [0.1, 0.15) is 11.8 Å². The molecule has 2 aromatic rings. The van der Waals surface area contributed by atoms with Crippen LogP contribution in [0.2, 0.25) is 5.02 Å². The minimum atomic E-state index is -4.80. The normalized spacial score (nSPS) is 14.0. The van der Waals surface area contributed by atoms with E-state index in [0.29, 0.717) is 5.02 Å². The van der Waals surface area contributed by atoms with E-state index < -0.39 is 36.5 Å². The number of nitrogens with one attached hydrogen (secondary N) is 1. The molecule has 0 aromatic carbocycles. The summed E-state index contributed by atoms with van der Waals surface area (Å²) in [6, 6.07) is 4.00. The van der Waals surface area contributed by atoms with Gasteiger partial charge in [0.15, 0.2) is 0 Å². The zero-order valence-corrected chi connectivity index (χ0v) is 14.1. The van der Waals surface area contributed by atoms with E-state index in [0.717, 1.165) is 6.20 Å². The number of halogens is 5. The fraction of sp³-hybridized carbons (Fsp3) is 0.312. The number of pyridine rings is 2. The number of amides is 1. The molecule has 0 radical (unpaired) electrons. The van der Waals surface area contributed by atoms with Gasteiger partial charge >= 0.3 is 6.18 Å². The lowest BCUT2D eigenvalue weighted by atomic mass is 9.95. The molecular weight excluding hydrogens is 378 g/mol. The van der Waals surface area contributed by atoms with Crippen LogP contribution in [0.5, 0.6) is 0 Å². The second-order valence-electron chi connectivity index (χ2n) is 5.61. The Kier molecular flexibility index (Phi) is 6.14. The molecule has 0 unspecified atom stereocenters. The SMILES string of the molecule is C[C@H](C[C@@H](O)C(F)(F)F)c1cc(NC(=O)c2ccc(Cl)cn2)cnc1F. The van der Waals surface area contributed by atoms with Crippen molar-refractivity contribution in [3.8, 4) is 0 Å². The van der Waals surface area contributed by atoms with Gasteiger partial charge in [-0.3, -0.25) is 4.79 Å². The highest BCUT2D eigenvalue weighted by molar-refractivity contribution is 6.30. The summed E-state index contributed by atoms with van der Waals surface area (Å²) in [5, 5.41) is 11.9. The average Bonchev–Trinajstić information content (AvgIpc) is 2.56. The Labute approximate surface area is 151 Å². The monoisotopic (exact) mass is 391 g/mol. The van der Waals surface area contributed by atoms with Crippen molar-refractivity contribution in [1.29, 1.82) is 0 Å². The van der Waals surface area contributed by atoms with Crippen LogP contribution < -0.4 is 5.32 Å². The van der Waals surface area contributed by atoms with E-state index in [9.17, 15) is 22.4 Å². The predicted octanol–water partition coefficient (Wildman–Crippen LogP) is 3.94.